The Balaban J connectivity index is 2.54. The van der Waals surface area contributed by atoms with Gasteiger partial charge in [0.2, 0.25) is 0 Å². The smallest absolute Gasteiger partial charge is 0.191 e. The zero-order valence-electron chi connectivity index (χ0n) is 8.37. The van der Waals surface area contributed by atoms with Crippen molar-refractivity contribution in [3.05, 3.63) is 20.7 Å². The second-order valence-electron chi connectivity index (χ2n) is 3.02. The van der Waals surface area contributed by atoms with Crippen LogP contribution in [0, 0.1) is 0 Å². The Labute approximate surface area is 110 Å². The molecule has 0 aromatic carbocycles. The monoisotopic (exact) mass is 318 g/mol. The molecular weight excluding hydrogens is 312 g/mol. The predicted molar refractivity (Wildman–Crippen MR) is 69.6 cm³/mol. The third-order valence-corrected chi connectivity index (χ3v) is 3.92. The molecule has 84 valence electrons. The van der Waals surface area contributed by atoms with Gasteiger partial charge in [-0.15, -0.1) is 0 Å². The van der Waals surface area contributed by atoms with Crippen molar-refractivity contribution in [2.75, 3.05) is 5.73 Å². The first kappa shape index (κ1) is 11.8. The highest BCUT2D eigenvalue weighted by Gasteiger charge is 2.12. The van der Waals surface area contributed by atoms with E-state index in [2.05, 4.69) is 30.9 Å². The summed E-state index contributed by atoms with van der Waals surface area (Å²) in [6.45, 7) is 2.01. The van der Waals surface area contributed by atoms with Crippen molar-refractivity contribution in [3.63, 3.8) is 0 Å². The zero-order valence-corrected chi connectivity index (χ0v) is 11.5. The summed E-state index contributed by atoms with van der Waals surface area (Å²) in [6.07, 6.45) is 2.36. The summed E-state index contributed by atoms with van der Waals surface area (Å²) < 4.78 is 1.36. The Kier molecular flexibility index (Phi) is 3.41. The van der Waals surface area contributed by atoms with Gasteiger partial charge in [0.05, 0.1) is 16.4 Å². The maximum atomic E-state index is 5.81. The number of halogens is 2. The van der Waals surface area contributed by atoms with Crippen LogP contribution in [0.15, 0.2) is 10.7 Å². The molecule has 0 unspecified atom stereocenters. The molecular formula is C9H8BrClN4S. The summed E-state index contributed by atoms with van der Waals surface area (Å²) in [5.41, 5.74) is 6.66. The van der Waals surface area contributed by atoms with Crippen molar-refractivity contribution in [2.45, 2.75) is 13.3 Å². The van der Waals surface area contributed by atoms with Crippen LogP contribution in [0.25, 0.3) is 10.8 Å². The van der Waals surface area contributed by atoms with Crippen molar-refractivity contribution >= 4 is 44.7 Å². The molecule has 16 heavy (non-hydrogen) atoms. The molecule has 0 aliphatic heterocycles. The van der Waals surface area contributed by atoms with Gasteiger partial charge in [0.25, 0.3) is 0 Å². The fourth-order valence-corrected chi connectivity index (χ4v) is 2.50. The topological polar surface area (TPSA) is 64.7 Å². The van der Waals surface area contributed by atoms with E-state index in [0.717, 1.165) is 16.6 Å². The average molecular weight is 320 g/mol. The molecule has 0 amide bonds. The lowest BCUT2D eigenvalue weighted by molar-refractivity contribution is 0.993. The average Bonchev–Trinajstić information content (AvgIpc) is 2.69. The first-order valence-corrected chi connectivity index (χ1v) is 6.54. The maximum absolute atomic E-state index is 5.81. The number of aromatic nitrogens is 3. The van der Waals surface area contributed by atoms with E-state index >= 15 is 0 Å². The standard InChI is InChI=1S/C9H8BrClN4S/c1-2-4-6(10)7(12)15-8(14-4)9-13-3-5(11)16-9/h3H,2H2,1H3,(H2,12,14,15). The van der Waals surface area contributed by atoms with E-state index in [1.54, 1.807) is 6.20 Å². The largest absolute Gasteiger partial charge is 0.383 e. The highest BCUT2D eigenvalue weighted by atomic mass is 79.9. The number of nitrogen functional groups attached to an aromatic ring is 1. The summed E-state index contributed by atoms with van der Waals surface area (Å²) in [6, 6.07) is 0. The summed E-state index contributed by atoms with van der Waals surface area (Å²) in [5, 5.41) is 0.680. The third-order valence-electron chi connectivity index (χ3n) is 1.95. The Morgan fingerprint density at radius 1 is 1.50 bits per heavy atom. The molecule has 0 atom stereocenters. The van der Waals surface area contributed by atoms with Crippen LogP contribution in [-0.2, 0) is 6.42 Å². The molecule has 2 aromatic rings. The van der Waals surface area contributed by atoms with E-state index < -0.39 is 0 Å². The number of aryl methyl sites for hydroxylation is 1. The molecule has 0 radical (unpaired) electrons. The number of hydrogen-bond donors (Lipinski definition) is 1. The third kappa shape index (κ3) is 2.18. The SMILES string of the molecule is CCc1nc(-c2ncc(Cl)s2)nc(N)c1Br. The lowest BCUT2D eigenvalue weighted by Gasteiger charge is -2.05. The summed E-state index contributed by atoms with van der Waals surface area (Å²) >= 11 is 10.5. The van der Waals surface area contributed by atoms with Crippen LogP contribution in [0.1, 0.15) is 12.6 Å². The number of rotatable bonds is 2. The maximum Gasteiger partial charge on any atom is 0.191 e. The van der Waals surface area contributed by atoms with E-state index in [1.165, 1.54) is 11.3 Å². The molecule has 2 rings (SSSR count). The van der Waals surface area contributed by atoms with Gasteiger partial charge < -0.3 is 5.73 Å². The first-order valence-electron chi connectivity index (χ1n) is 4.55. The number of anilines is 1. The van der Waals surface area contributed by atoms with Gasteiger partial charge >= 0.3 is 0 Å². The molecule has 0 spiro atoms. The van der Waals surface area contributed by atoms with Crippen molar-refractivity contribution in [1.29, 1.82) is 0 Å². The molecule has 0 bridgehead atoms. The van der Waals surface area contributed by atoms with Crippen LogP contribution in [0.2, 0.25) is 4.34 Å². The molecule has 0 saturated carbocycles. The van der Waals surface area contributed by atoms with Crippen molar-refractivity contribution < 1.29 is 0 Å². The lowest BCUT2D eigenvalue weighted by Crippen LogP contribution is -2.01. The van der Waals surface area contributed by atoms with Gasteiger partial charge in [-0.2, -0.15) is 0 Å². The molecule has 2 aromatic heterocycles. The highest BCUT2D eigenvalue weighted by Crippen LogP contribution is 2.29. The van der Waals surface area contributed by atoms with Gasteiger partial charge in [-0.1, -0.05) is 29.9 Å². The summed E-state index contributed by atoms with van der Waals surface area (Å²) in [4.78, 5) is 12.7. The van der Waals surface area contributed by atoms with Crippen LogP contribution in [0.3, 0.4) is 0 Å². The Morgan fingerprint density at radius 3 is 2.81 bits per heavy atom. The van der Waals surface area contributed by atoms with E-state index in [4.69, 9.17) is 17.3 Å². The minimum Gasteiger partial charge on any atom is -0.383 e. The van der Waals surface area contributed by atoms with E-state index in [0.29, 0.717) is 21.0 Å². The van der Waals surface area contributed by atoms with Crippen LogP contribution in [0.4, 0.5) is 5.82 Å². The van der Waals surface area contributed by atoms with Gasteiger partial charge in [0.15, 0.2) is 10.8 Å². The quantitative estimate of drug-likeness (QED) is 0.923. The van der Waals surface area contributed by atoms with Crippen molar-refractivity contribution in [3.8, 4) is 10.8 Å². The second-order valence-corrected chi connectivity index (χ2v) is 5.47. The fourth-order valence-electron chi connectivity index (χ4n) is 1.20. The number of thiazole rings is 1. The summed E-state index contributed by atoms with van der Waals surface area (Å²) in [5.74, 6) is 0.947. The molecule has 4 nitrogen and oxygen atoms in total. The van der Waals surface area contributed by atoms with Gasteiger partial charge in [0.1, 0.15) is 10.2 Å². The molecule has 0 fully saturated rings. The number of nitrogens with two attached hydrogens (primary N) is 1. The molecule has 7 heteroatoms. The van der Waals surface area contributed by atoms with Crippen LogP contribution < -0.4 is 5.73 Å². The molecule has 2 N–H and O–H groups in total. The van der Waals surface area contributed by atoms with E-state index in [-0.39, 0.29) is 0 Å². The first-order chi connectivity index (χ1) is 7.61. The molecule has 0 saturated heterocycles. The molecule has 2 heterocycles. The minimum atomic E-state index is 0.424. The molecule has 0 aliphatic carbocycles. The predicted octanol–water partition coefficient (Wildman–Crippen LogP) is 3.16. The zero-order chi connectivity index (χ0) is 11.7. The van der Waals surface area contributed by atoms with Crippen LogP contribution in [0.5, 0.6) is 0 Å². The van der Waals surface area contributed by atoms with Gasteiger partial charge in [-0.3, -0.25) is 0 Å². The van der Waals surface area contributed by atoms with E-state index in [9.17, 15) is 0 Å². The normalized spacial score (nSPS) is 10.7. The Morgan fingerprint density at radius 2 is 2.25 bits per heavy atom. The van der Waals surface area contributed by atoms with Crippen LogP contribution >= 0.6 is 38.9 Å². The highest BCUT2D eigenvalue weighted by molar-refractivity contribution is 9.10. The van der Waals surface area contributed by atoms with Crippen molar-refractivity contribution in [1.82, 2.24) is 15.0 Å². The lowest BCUT2D eigenvalue weighted by atomic mass is 10.3. The Hall–Kier alpha value is -0.720. The number of nitrogens with zero attached hydrogens (tertiary/aromatic N) is 3. The second kappa shape index (κ2) is 4.65. The molecule has 0 aliphatic rings. The Bertz CT molecular complexity index is 528. The minimum absolute atomic E-state index is 0.424. The number of hydrogen-bond acceptors (Lipinski definition) is 5. The van der Waals surface area contributed by atoms with Crippen molar-refractivity contribution in [2.24, 2.45) is 0 Å². The van der Waals surface area contributed by atoms with Gasteiger partial charge in [-0.05, 0) is 22.4 Å². The van der Waals surface area contributed by atoms with E-state index in [1.807, 2.05) is 6.92 Å². The van der Waals surface area contributed by atoms with Gasteiger partial charge in [0, 0.05) is 0 Å². The van der Waals surface area contributed by atoms with Crippen LogP contribution in [-0.4, -0.2) is 15.0 Å². The van der Waals surface area contributed by atoms with Gasteiger partial charge in [-0.25, -0.2) is 15.0 Å². The summed E-state index contributed by atoms with van der Waals surface area (Å²) in [7, 11) is 0. The fraction of sp³-hybridized carbons (Fsp3) is 0.222.